The maximum atomic E-state index is 12.1. The molecule has 0 bridgehead atoms. The second-order valence-electron chi connectivity index (χ2n) is 5.98. The van der Waals surface area contributed by atoms with E-state index in [1.165, 1.54) is 11.1 Å². The highest BCUT2D eigenvalue weighted by Gasteiger charge is 2.10. The number of hydrogen-bond donors (Lipinski definition) is 1. The quantitative estimate of drug-likeness (QED) is 0.871. The first-order valence-corrected chi connectivity index (χ1v) is 7.99. The third-order valence-corrected chi connectivity index (χ3v) is 4.21. The largest absolute Gasteiger partial charge is 0.497 e. The molecule has 0 radical (unpaired) electrons. The maximum Gasteiger partial charge on any atom is 0.220 e. The van der Waals surface area contributed by atoms with Crippen LogP contribution in [0.5, 0.6) is 5.75 Å². The van der Waals surface area contributed by atoms with Gasteiger partial charge in [0, 0.05) is 6.42 Å². The average Bonchev–Trinajstić information content (AvgIpc) is 2.55. The molecule has 0 aromatic heterocycles. The Morgan fingerprint density at radius 2 is 1.78 bits per heavy atom. The van der Waals surface area contributed by atoms with Crippen molar-refractivity contribution in [3.8, 4) is 5.75 Å². The minimum atomic E-state index is 0.0256. The Morgan fingerprint density at radius 1 is 1.09 bits per heavy atom. The van der Waals surface area contributed by atoms with Crippen LogP contribution in [0.1, 0.15) is 41.6 Å². The summed E-state index contributed by atoms with van der Waals surface area (Å²) in [6.07, 6.45) is 1.22. The van der Waals surface area contributed by atoms with Gasteiger partial charge in [-0.05, 0) is 61.6 Å². The monoisotopic (exact) mass is 311 g/mol. The van der Waals surface area contributed by atoms with Crippen LogP contribution < -0.4 is 10.1 Å². The molecule has 0 saturated carbocycles. The lowest BCUT2D eigenvalue weighted by molar-refractivity contribution is -0.121. The van der Waals surface area contributed by atoms with E-state index < -0.39 is 0 Å². The number of carbonyl (C=O) groups excluding carboxylic acids is 1. The summed E-state index contributed by atoms with van der Waals surface area (Å²) in [6, 6.07) is 14.2. The summed E-state index contributed by atoms with van der Waals surface area (Å²) >= 11 is 0. The maximum absolute atomic E-state index is 12.1. The van der Waals surface area contributed by atoms with E-state index in [4.69, 9.17) is 4.74 Å². The standard InChI is InChI=1S/C20H25NO2/c1-14-5-9-18(13-15(14)2)16(3)21-20(22)12-8-17-6-10-19(23-4)11-7-17/h5-7,9-11,13,16H,8,12H2,1-4H3,(H,21,22). The van der Waals surface area contributed by atoms with Gasteiger partial charge in [0.25, 0.3) is 0 Å². The van der Waals surface area contributed by atoms with Gasteiger partial charge in [-0.3, -0.25) is 4.79 Å². The lowest BCUT2D eigenvalue weighted by atomic mass is 10.0. The van der Waals surface area contributed by atoms with Gasteiger partial charge in [-0.25, -0.2) is 0 Å². The van der Waals surface area contributed by atoms with Crippen molar-refractivity contribution in [1.29, 1.82) is 0 Å². The van der Waals surface area contributed by atoms with Gasteiger partial charge in [-0.2, -0.15) is 0 Å². The molecule has 3 heteroatoms. The second-order valence-corrected chi connectivity index (χ2v) is 5.98. The van der Waals surface area contributed by atoms with Crippen LogP contribution in [0, 0.1) is 13.8 Å². The number of carbonyl (C=O) groups is 1. The molecule has 0 heterocycles. The van der Waals surface area contributed by atoms with E-state index in [-0.39, 0.29) is 11.9 Å². The fourth-order valence-corrected chi connectivity index (χ4v) is 2.48. The van der Waals surface area contributed by atoms with Crippen LogP contribution >= 0.6 is 0 Å². The Hall–Kier alpha value is -2.29. The van der Waals surface area contributed by atoms with Crippen LogP contribution in [0.4, 0.5) is 0 Å². The number of ether oxygens (including phenoxy) is 1. The Balaban J connectivity index is 1.86. The van der Waals surface area contributed by atoms with Crippen molar-refractivity contribution in [1.82, 2.24) is 5.32 Å². The molecule has 2 aromatic carbocycles. The number of hydrogen-bond acceptors (Lipinski definition) is 2. The second kappa shape index (κ2) is 7.82. The van der Waals surface area contributed by atoms with Gasteiger partial charge in [-0.15, -0.1) is 0 Å². The first kappa shape index (κ1) is 17.1. The minimum absolute atomic E-state index is 0.0256. The average molecular weight is 311 g/mol. The molecule has 122 valence electrons. The highest BCUT2D eigenvalue weighted by Crippen LogP contribution is 2.17. The number of nitrogens with one attached hydrogen (secondary N) is 1. The Kier molecular flexibility index (Phi) is 5.80. The number of aryl methyl sites for hydroxylation is 3. The summed E-state index contributed by atoms with van der Waals surface area (Å²) in [4.78, 5) is 12.1. The SMILES string of the molecule is COc1ccc(CCC(=O)NC(C)c2ccc(C)c(C)c2)cc1. The smallest absolute Gasteiger partial charge is 0.220 e. The highest BCUT2D eigenvalue weighted by molar-refractivity contribution is 5.76. The van der Waals surface area contributed by atoms with E-state index in [0.29, 0.717) is 6.42 Å². The molecule has 1 N–H and O–H groups in total. The van der Waals surface area contributed by atoms with Crippen molar-refractivity contribution in [3.63, 3.8) is 0 Å². The molecule has 1 atom stereocenters. The molecule has 0 aliphatic rings. The van der Waals surface area contributed by atoms with Crippen molar-refractivity contribution < 1.29 is 9.53 Å². The molecular formula is C20H25NO2. The van der Waals surface area contributed by atoms with Crippen molar-refractivity contribution in [2.24, 2.45) is 0 Å². The first-order chi connectivity index (χ1) is 11.0. The van der Waals surface area contributed by atoms with Gasteiger partial charge in [0.1, 0.15) is 5.75 Å². The number of benzene rings is 2. The van der Waals surface area contributed by atoms with Gasteiger partial charge in [-0.1, -0.05) is 30.3 Å². The highest BCUT2D eigenvalue weighted by atomic mass is 16.5. The van der Waals surface area contributed by atoms with Gasteiger partial charge >= 0.3 is 0 Å². The lowest BCUT2D eigenvalue weighted by Gasteiger charge is -2.16. The third-order valence-electron chi connectivity index (χ3n) is 4.21. The zero-order chi connectivity index (χ0) is 16.8. The summed E-state index contributed by atoms with van der Waals surface area (Å²) in [5.74, 6) is 0.910. The molecule has 0 saturated heterocycles. The normalized spacial score (nSPS) is 11.8. The predicted octanol–water partition coefficient (Wildman–Crippen LogP) is 4.12. The number of amides is 1. The molecule has 1 unspecified atom stereocenters. The topological polar surface area (TPSA) is 38.3 Å². The predicted molar refractivity (Wildman–Crippen MR) is 93.8 cm³/mol. The molecule has 1 amide bonds. The molecule has 0 fully saturated rings. The Bertz CT molecular complexity index is 662. The summed E-state index contributed by atoms with van der Waals surface area (Å²) in [6.45, 7) is 6.21. The molecule has 23 heavy (non-hydrogen) atoms. The van der Waals surface area contributed by atoms with Crippen LogP contribution in [0.25, 0.3) is 0 Å². The van der Waals surface area contributed by atoms with Crippen molar-refractivity contribution in [2.75, 3.05) is 7.11 Å². The Morgan fingerprint density at radius 3 is 2.39 bits per heavy atom. The summed E-state index contributed by atoms with van der Waals surface area (Å²) in [5, 5.41) is 3.07. The Labute approximate surface area is 138 Å². The zero-order valence-corrected chi connectivity index (χ0v) is 14.3. The van der Waals surface area contributed by atoms with Crippen molar-refractivity contribution >= 4 is 5.91 Å². The van der Waals surface area contributed by atoms with E-state index in [2.05, 4.69) is 37.4 Å². The molecule has 0 spiro atoms. The molecule has 2 aromatic rings. The van der Waals surface area contributed by atoms with E-state index in [1.54, 1.807) is 7.11 Å². The van der Waals surface area contributed by atoms with Crippen LogP contribution in [0.15, 0.2) is 42.5 Å². The van der Waals surface area contributed by atoms with Crippen molar-refractivity contribution in [2.45, 2.75) is 39.7 Å². The van der Waals surface area contributed by atoms with E-state index in [1.807, 2.05) is 31.2 Å². The fourth-order valence-electron chi connectivity index (χ4n) is 2.48. The van der Waals surface area contributed by atoms with Crippen LogP contribution in [-0.2, 0) is 11.2 Å². The number of methoxy groups -OCH3 is 1. The van der Waals surface area contributed by atoms with E-state index in [0.717, 1.165) is 23.3 Å². The minimum Gasteiger partial charge on any atom is -0.497 e. The molecule has 0 aliphatic carbocycles. The first-order valence-electron chi connectivity index (χ1n) is 7.99. The summed E-state index contributed by atoms with van der Waals surface area (Å²) < 4.78 is 5.14. The fraction of sp³-hybridized carbons (Fsp3) is 0.350. The summed E-state index contributed by atoms with van der Waals surface area (Å²) in [5.41, 5.74) is 4.80. The van der Waals surface area contributed by atoms with Crippen LogP contribution in [0.3, 0.4) is 0 Å². The van der Waals surface area contributed by atoms with Crippen LogP contribution in [0.2, 0.25) is 0 Å². The third kappa shape index (κ3) is 4.85. The molecule has 0 aliphatic heterocycles. The van der Waals surface area contributed by atoms with Crippen LogP contribution in [-0.4, -0.2) is 13.0 Å². The number of rotatable bonds is 6. The summed E-state index contributed by atoms with van der Waals surface area (Å²) in [7, 11) is 1.65. The van der Waals surface area contributed by atoms with Gasteiger partial charge < -0.3 is 10.1 Å². The molecule has 3 nitrogen and oxygen atoms in total. The van der Waals surface area contributed by atoms with Gasteiger partial charge in [0.2, 0.25) is 5.91 Å². The van der Waals surface area contributed by atoms with Crippen molar-refractivity contribution in [3.05, 3.63) is 64.7 Å². The van der Waals surface area contributed by atoms with E-state index >= 15 is 0 Å². The van der Waals surface area contributed by atoms with E-state index in [9.17, 15) is 4.79 Å². The van der Waals surface area contributed by atoms with Gasteiger partial charge in [0.15, 0.2) is 0 Å². The molecule has 2 rings (SSSR count). The molecular weight excluding hydrogens is 286 g/mol. The zero-order valence-electron chi connectivity index (χ0n) is 14.3. The lowest BCUT2D eigenvalue weighted by Crippen LogP contribution is -2.26. The van der Waals surface area contributed by atoms with Gasteiger partial charge in [0.05, 0.1) is 13.2 Å².